The number of alkyl halides is 1. The van der Waals surface area contributed by atoms with Crippen molar-refractivity contribution in [2.24, 2.45) is 5.92 Å². The summed E-state index contributed by atoms with van der Waals surface area (Å²) in [6.45, 7) is 1.90. The minimum absolute atomic E-state index is 0.222. The average Bonchev–Trinajstić information content (AvgIpc) is 1.62. The van der Waals surface area contributed by atoms with Gasteiger partial charge in [-0.25, -0.2) is 8.42 Å². The van der Waals surface area contributed by atoms with Gasteiger partial charge in [-0.05, 0) is 5.92 Å². The molecule has 0 fully saturated rings. The van der Waals surface area contributed by atoms with E-state index in [9.17, 15) is 8.42 Å². The van der Waals surface area contributed by atoms with Crippen molar-refractivity contribution in [3.8, 4) is 0 Å². The van der Waals surface area contributed by atoms with Crippen molar-refractivity contribution >= 4 is 25.8 Å². The average molecular weight is 215 g/mol. The Hall–Kier alpha value is 0.430. The number of hydrogen-bond donors (Lipinski definition) is 0. The molecule has 0 saturated heterocycles. The lowest BCUT2D eigenvalue weighted by molar-refractivity contribution is 0.590. The Labute approximate surface area is 64.7 Å². The Morgan fingerprint density at radius 2 is 2.00 bits per heavy atom. The van der Waals surface area contributed by atoms with Crippen LogP contribution in [0.15, 0.2) is 0 Å². The third-order valence-corrected chi connectivity index (χ3v) is 3.13. The van der Waals surface area contributed by atoms with E-state index in [0.29, 0.717) is 0 Å². The van der Waals surface area contributed by atoms with Crippen LogP contribution in [0.4, 0.5) is 0 Å². The first kappa shape index (κ1) is 9.43. The molecule has 9 heavy (non-hydrogen) atoms. The number of sulfone groups is 1. The van der Waals surface area contributed by atoms with Crippen LogP contribution in [-0.4, -0.2) is 25.8 Å². The van der Waals surface area contributed by atoms with Gasteiger partial charge in [0, 0.05) is 11.6 Å². The van der Waals surface area contributed by atoms with Crippen molar-refractivity contribution in [1.29, 1.82) is 0 Å². The van der Waals surface area contributed by atoms with Crippen LogP contribution in [0.5, 0.6) is 0 Å². The summed E-state index contributed by atoms with van der Waals surface area (Å²) in [7, 11) is -2.77. The number of halogens is 1. The Bertz CT molecular complexity index is 162. The fourth-order valence-electron chi connectivity index (χ4n) is 0.561. The highest BCUT2D eigenvalue weighted by atomic mass is 79.9. The summed E-state index contributed by atoms with van der Waals surface area (Å²) >= 11 is 3.20. The maximum atomic E-state index is 10.6. The molecule has 4 heteroatoms. The second kappa shape index (κ2) is 3.56. The second-order valence-electron chi connectivity index (χ2n) is 2.35. The maximum Gasteiger partial charge on any atom is 0.147 e. The first-order valence-corrected chi connectivity index (χ1v) is 5.87. The molecule has 0 aromatic rings. The molecule has 0 N–H and O–H groups in total. The fourth-order valence-corrected chi connectivity index (χ4v) is 2.24. The molecular formula is C5H11BrO2S. The molecule has 0 aromatic heterocycles. The fraction of sp³-hybridized carbons (Fsp3) is 1.00. The van der Waals surface area contributed by atoms with Gasteiger partial charge in [-0.3, -0.25) is 0 Å². The van der Waals surface area contributed by atoms with E-state index in [1.54, 1.807) is 0 Å². The van der Waals surface area contributed by atoms with Crippen LogP contribution < -0.4 is 0 Å². The van der Waals surface area contributed by atoms with Crippen LogP contribution in [0.25, 0.3) is 0 Å². The van der Waals surface area contributed by atoms with E-state index in [-0.39, 0.29) is 11.7 Å². The van der Waals surface area contributed by atoms with E-state index in [1.807, 2.05) is 6.92 Å². The number of hydrogen-bond acceptors (Lipinski definition) is 2. The van der Waals surface area contributed by atoms with Gasteiger partial charge in [0.2, 0.25) is 0 Å². The molecule has 56 valence electrons. The van der Waals surface area contributed by atoms with E-state index in [2.05, 4.69) is 15.9 Å². The van der Waals surface area contributed by atoms with Crippen LogP contribution in [0.2, 0.25) is 0 Å². The minimum Gasteiger partial charge on any atom is -0.229 e. The van der Waals surface area contributed by atoms with Crippen molar-refractivity contribution in [3.05, 3.63) is 0 Å². The molecule has 0 aliphatic heterocycles. The topological polar surface area (TPSA) is 34.1 Å². The number of rotatable bonds is 3. The summed E-state index contributed by atoms with van der Waals surface area (Å²) in [5, 5.41) is 0.750. The molecule has 0 aliphatic rings. The summed E-state index contributed by atoms with van der Waals surface area (Å²) in [6, 6.07) is 0. The lowest BCUT2D eigenvalue weighted by atomic mass is 10.3. The van der Waals surface area contributed by atoms with E-state index < -0.39 is 9.84 Å². The SMILES string of the molecule is CC(CBr)CS(C)(=O)=O. The Morgan fingerprint density at radius 3 is 2.11 bits per heavy atom. The zero-order valence-corrected chi connectivity index (χ0v) is 8.00. The lowest BCUT2D eigenvalue weighted by Gasteiger charge is -2.02. The van der Waals surface area contributed by atoms with Gasteiger partial charge in [0.05, 0.1) is 5.75 Å². The van der Waals surface area contributed by atoms with Gasteiger partial charge in [-0.2, -0.15) is 0 Å². The summed E-state index contributed by atoms with van der Waals surface area (Å²) in [5.74, 6) is 0.498. The first-order chi connectivity index (χ1) is 3.95. The molecule has 0 aliphatic carbocycles. The zero-order valence-electron chi connectivity index (χ0n) is 5.59. The van der Waals surface area contributed by atoms with Crippen molar-refractivity contribution < 1.29 is 8.42 Å². The van der Waals surface area contributed by atoms with Crippen LogP contribution in [0, 0.1) is 5.92 Å². The van der Waals surface area contributed by atoms with E-state index in [1.165, 1.54) is 6.26 Å². The Balaban J connectivity index is 3.75. The van der Waals surface area contributed by atoms with Gasteiger partial charge in [-0.15, -0.1) is 0 Å². The molecule has 1 unspecified atom stereocenters. The van der Waals surface area contributed by atoms with E-state index in [0.717, 1.165) is 5.33 Å². The second-order valence-corrected chi connectivity index (χ2v) is 5.18. The van der Waals surface area contributed by atoms with Crippen molar-refractivity contribution in [1.82, 2.24) is 0 Å². The van der Waals surface area contributed by atoms with Gasteiger partial charge < -0.3 is 0 Å². The summed E-state index contributed by atoms with van der Waals surface area (Å²) in [6.07, 6.45) is 1.26. The van der Waals surface area contributed by atoms with Gasteiger partial charge in [0.1, 0.15) is 9.84 Å². The Morgan fingerprint density at radius 1 is 1.56 bits per heavy atom. The quantitative estimate of drug-likeness (QED) is 0.659. The molecule has 0 amide bonds. The summed E-state index contributed by atoms with van der Waals surface area (Å²) in [4.78, 5) is 0. The van der Waals surface area contributed by atoms with Crippen molar-refractivity contribution in [2.45, 2.75) is 6.92 Å². The largest absolute Gasteiger partial charge is 0.229 e. The van der Waals surface area contributed by atoms with Crippen LogP contribution >= 0.6 is 15.9 Å². The third kappa shape index (κ3) is 6.31. The van der Waals surface area contributed by atoms with E-state index >= 15 is 0 Å². The molecule has 0 heterocycles. The molecular weight excluding hydrogens is 204 g/mol. The normalized spacial score (nSPS) is 15.4. The van der Waals surface area contributed by atoms with Crippen LogP contribution in [-0.2, 0) is 9.84 Å². The van der Waals surface area contributed by atoms with Gasteiger partial charge in [-0.1, -0.05) is 22.9 Å². The van der Waals surface area contributed by atoms with Crippen molar-refractivity contribution in [2.75, 3.05) is 17.3 Å². The Kier molecular flexibility index (Phi) is 3.73. The molecule has 0 aromatic carbocycles. The van der Waals surface area contributed by atoms with Gasteiger partial charge >= 0.3 is 0 Å². The van der Waals surface area contributed by atoms with Crippen molar-refractivity contribution in [3.63, 3.8) is 0 Å². The smallest absolute Gasteiger partial charge is 0.147 e. The highest BCUT2D eigenvalue weighted by molar-refractivity contribution is 9.09. The predicted molar refractivity (Wildman–Crippen MR) is 42.7 cm³/mol. The molecule has 1 atom stereocenters. The minimum atomic E-state index is -2.77. The highest BCUT2D eigenvalue weighted by Crippen LogP contribution is 2.02. The third-order valence-electron chi connectivity index (χ3n) is 0.851. The van der Waals surface area contributed by atoms with Gasteiger partial charge in [0.25, 0.3) is 0 Å². The summed E-state index contributed by atoms with van der Waals surface area (Å²) in [5.41, 5.74) is 0. The molecule has 0 bridgehead atoms. The van der Waals surface area contributed by atoms with E-state index in [4.69, 9.17) is 0 Å². The molecule has 2 nitrogen and oxygen atoms in total. The molecule has 0 spiro atoms. The summed E-state index contributed by atoms with van der Waals surface area (Å²) < 4.78 is 21.2. The zero-order chi connectivity index (χ0) is 7.49. The molecule has 0 radical (unpaired) electrons. The maximum absolute atomic E-state index is 10.6. The highest BCUT2D eigenvalue weighted by Gasteiger charge is 2.07. The first-order valence-electron chi connectivity index (χ1n) is 2.69. The monoisotopic (exact) mass is 214 g/mol. The van der Waals surface area contributed by atoms with Crippen LogP contribution in [0.1, 0.15) is 6.92 Å². The standard InChI is InChI=1S/C5H11BrO2S/c1-5(3-6)4-9(2,7)8/h5H,3-4H2,1-2H3. The predicted octanol–water partition coefficient (Wildman–Crippen LogP) is 1.06. The molecule has 0 rings (SSSR count). The lowest BCUT2D eigenvalue weighted by Crippen LogP contribution is -2.12. The molecule has 0 saturated carbocycles. The van der Waals surface area contributed by atoms with Gasteiger partial charge in [0.15, 0.2) is 0 Å². The van der Waals surface area contributed by atoms with Crippen LogP contribution in [0.3, 0.4) is 0 Å².